The fourth-order valence-electron chi connectivity index (χ4n) is 6.15. The summed E-state index contributed by atoms with van der Waals surface area (Å²) >= 11 is 1.55. The highest BCUT2D eigenvalue weighted by Crippen LogP contribution is 2.52. The molecule has 2 aromatic carbocycles. The van der Waals surface area contributed by atoms with Crippen LogP contribution in [0.5, 0.6) is 0 Å². The monoisotopic (exact) mass is 602 g/mol. The van der Waals surface area contributed by atoms with Crippen LogP contribution in [0.1, 0.15) is 66.7 Å². The zero-order valence-electron chi connectivity index (χ0n) is 24.1. The van der Waals surface area contributed by atoms with E-state index in [-0.39, 0.29) is 29.1 Å². The van der Waals surface area contributed by atoms with E-state index >= 15 is 0 Å². The average Bonchev–Trinajstić information content (AvgIpc) is 3.69. The molecule has 0 saturated heterocycles. The number of nitrogens with one attached hydrogen (secondary N) is 4. The first kappa shape index (κ1) is 29.0. The summed E-state index contributed by atoms with van der Waals surface area (Å²) in [5.41, 5.74) is 2.79. The van der Waals surface area contributed by atoms with Crippen LogP contribution in [0.15, 0.2) is 66.3 Å². The van der Waals surface area contributed by atoms with Crippen LogP contribution >= 0.6 is 11.3 Å². The number of halogens is 1. The average molecular weight is 603 g/mol. The molecule has 2 heterocycles. The summed E-state index contributed by atoms with van der Waals surface area (Å²) in [4.78, 5) is 35.1. The quantitative estimate of drug-likeness (QED) is 0.161. The Labute approximate surface area is 253 Å². The number of anilines is 3. The first-order chi connectivity index (χ1) is 20.5. The molecule has 5 N–H and O–H groups in total. The highest BCUT2D eigenvalue weighted by Gasteiger charge is 2.55. The van der Waals surface area contributed by atoms with E-state index in [1.807, 2.05) is 48.5 Å². The number of amides is 2. The summed E-state index contributed by atoms with van der Waals surface area (Å²) < 4.78 is 15.5. The van der Waals surface area contributed by atoms with E-state index in [0.717, 1.165) is 48.0 Å². The minimum absolute atomic E-state index is 0.0840. The van der Waals surface area contributed by atoms with Gasteiger partial charge in [0.15, 0.2) is 0 Å². The number of aromatic nitrogens is 2. The third-order valence-electron chi connectivity index (χ3n) is 8.62. The number of nitrogens with zero attached hydrogens (tertiary/aromatic N) is 2. The smallest absolute Gasteiger partial charge is 0.255 e. The van der Waals surface area contributed by atoms with Gasteiger partial charge in [0.1, 0.15) is 12.0 Å². The first-order valence-electron chi connectivity index (χ1n) is 14.4. The number of rotatable bonds is 10. The number of hydrogen-bond donors (Lipinski definition) is 5. The molecule has 0 spiro atoms. The molecule has 2 aliphatic carbocycles. The molecule has 2 saturated carbocycles. The Bertz CT molecular complexity index is 1650. The lowest BCUT2D eigenvalue weighted by atomic mass is 9.90. The third-order valence-corrected chi connectivity index (χ3v) is 9.41. The molecule has 0 aliphatic heterocycles. The second kappa shape index (κ2) is 11.2. The van der Waals surface area contributed by atoms with Crippen molar-refractivity contribution < 1.29 is 19.1 Å². The SMILES string of the molecule is CC(C)(O)C(F)CNC(=O)c1cnc(Nc2ccc3ncsc3c2)cc1NC12CCC(NC(=O)c3ccccc3)(CC1)C2. The number of aliphatic hydroxyl groups is 1. The van der Waals surface area contributed by atoms with Gasteiger partial charge in [-0.2, -0.15) is 0 Å². The van der Waals surface area contributed by atoms with E-state index in [4.69, 9.17) is 0 Å². The molecule has 2 fully saturated rings. The number of carbonyl (C=O) groups excluding carboxylic acids is 2. The van der Waals surface area contributed by atoms with Gasteiger partial charge in [0.25, 0.3) is 11.8 Å². The van der Waals surface area contributed by atoms with Gasteiger partial charge in [-0.25, -0.2) is 14.4 Å². The molecule has 4 aromatic rings. The molecule has 1 atom stereocenters. The van der Waals surface area contributed by atoms with Crippen LogP contribution in [-0.4, -0.2) is 56.3 Å². The molecule has 2 bridgehead atoms. The Kier molecular flexibility index (Phi) is 7.55. The van der Waals surface area contributed by atoms with Crippen molar-refractivity contribution in [2.24, 2.45) is 0 Å². The van der Waals surface area contributed by atoms with Gasteiger partial charge in [0.05, 0.1) is 39.1 Å². The number of benzene rings is 2. The van der Waals surface area contributed by atoms with Crippen LogP contribution < -0.4 is 21.3 Å². The third kappa shape index (κ3) is 6.18. The van der Waals surface area contributed by atoms with Crippen LogP contribution in [0.2, 0.25) is 0 Å². The van der Waals surface area contributed by atoms with Gasteiger partial charge in [-0.05, 0) is 76.3 Å². The molecule has 2 aromatic heterocycles. The fraction of sp³-hybridized carbons (Fsp3) is 0.375. The topological polar surface area (TPSA) is 128 Å². The Hall–Kier alpha value is -4.09. The van der Waals surface area contributed by atoms with Crippen molar-refractivity contribution in [3.63, 3.8) is 0 Å². The molecule has 0 radical (unpaired) electrons. The van der Waals surface area contributed by atoms with Crippen LogP contribution in [0.25, 0.3) is 10.2 Å². The number of hydrogen-bond acceptors (Lipinski definition) is 8. The van der Waals surface area contributed by atoms with E-state index in [1.54, 1.807) is 22.9 Å². The van der Waals surface area contributed by atoms with Crippen LogP contribution in [-0.2, 0) is 0 Å². The maximum Gasteiger partial charge on any atom is 0.255 e. The van der Waals surface area contributed by atoms with Crippen LogP contribution in [0.4, 0.5) is 21.6 Å². The first-order valence-corrected chi connectivity index (χ1v) is 15.3. The van der Waals surface area contributed by atoms with Crippen molar-refractivity contribution in [3.05, 3.63) is 77.4 Å². The lowest BCUT2D eigenvalue weighted by molar-refractivity contribution is -0.00178. The molecule has 2 amide bonds. The minimum Gasteiger partial charge on any atom is -0.387 e. The highest BCUT2D eigenvalue weighted by atomic mass is 32.1. The lowest BCUT2D eigenvalue weighted by Crippen LogP contribution is -2.45. The van der Waals surface area contributed by atoms with Crippen molar-refractivity contribution in [3.8, 4) is 0 Å². The predicted octanol–water partition coefficient (Wildman–Crippen LogP) is 5.57. The van der Waals surface area contributed by atoms with Gasteiger partial charge in [0, 0.05) is 34.6 Å². The van der Waals surface area contributed by atoms with Gasteiger partial charge < -0.3 is 26.4 Å². The normalized spacial score (nSPS) is 21.9. The number of pyridine rings is 1. The van der Waals surface area contributed by atoms with Crippen LogP contribution in [0, 0.1) is 0 Å². The summed E-state index contributed by atoms with van der Waals surface area (Å²) in [5.74, 6) is -0.0337. The fourth-order valence-corrected chi connectivity index (χ4v) is 6.87. The summed E-state index contributed by atoms with van der Waals surface area (Å²) in [5, 5.41) is 22.9. The van der Waals surface area contributed by atoms with Gasteiger partial charge in [-0.15, -0.1) is 11.3 Å². The molecule has 6 rings (SSSR count). The summed E-state index contributed by atoms with van der Waals surface area (Å²) in [6.07, 6.45) is 3.84. The molecule has 43 heavy (non-hydrogen) atoms. The van der Waals surface area contributed by atoms with Crippen molar-refractivity contribution >= 4 is 50.6 Å². The van der Waals surface area contributed by atoms with Gasteiger partial charge >= 0.3 is 0 Å². The number of carbonyl (C=O) groups is 2. The van der Waals surface area contributed by atoms with Gasteiger partial charge in [-0.3, -0.25) is 9.59 Å². The summed E-state index contributed by atoms with van der Waals surface area (Å²) in [6, 6.07) is 16.9. The van der Waals surface area contributed by atoms with E-state index in [9.17, 15) is 19.1 Å². The predicted molar refractivity (Wildman–Crippen MR) is 167 cm³/mol. The molecule has 9 nitrogen and oxygen atoms in total. The highest BCUT2D eigenvalue weighted by molar-refractivity contribution is 7.16. The number of alkyl halides is 1. The lowest BCUT2D eigenvalue weighted by Gasteiger charge is -2.30. The molecule has 224 valence electrons. The molecular weight excluding hydrogens is 567 g/mol. The Balaban J connectivity index is 1.24. The van der Waals surface area contributed by atoms with Crippen LogP contribution in [0.3, 0.4) is 0 Å². The van der Waals surface area contributed by atoms with E-state index in [2.05, 4.69) is 31.2 Å². The number of thiazole rings is 1. The summed E-state index contributed by atoms with van der Waals surface area (Å²) in [6.45, 7) is 2.39. The maximum atomic E-state index is 14.5. The van der Waals surface area contributed by atoms with Gasteiger partial charge in [0.2, 0.25) is 0 Å². The second-order valence-electron chi connectivity index (χ2n) is 12.3. The minimum atomic E-state index is -1.64. The summed E-state index contributed by atoms with van der Waals surface area (Å²) in [7, 11) is 0. The Morgan fingerprint density at radius 1 is 1.02 bits per heavy atom. The van der Waals surface area contributed by atoms with E-state index < -0.39 is 17.7 Å². The van der Waals surface area contributed by atoms with Gasteiger partial charge in [-0.1, -0.05) is 18.2 Å². The zero-order chi connectivity index (χ0) is 30.2. The molecular formula is C32H35FN6O3S. The second-order valence-corrected chi connectivity index (χ2v) is 13.2. The zero-order valence-corrected chi connectivity index (χ0v) is 24.9. The number of fused-ring (bicyclic) bond motifs is 3. The Morgan fingerprint density at radius 2 is 1.77 bits per heavy atom. The van der Waals surface area contributed by atoms with Crippen molar-refractivity contribution in [2.75, 3.05) is 17.2 Å². The van der Waals surface area contributed by atoms with Crippen molar-refractivity contribution in [2.45, 2.75) is 68.8 Å². The van der Waals surface area contributed by atoms with Crippen molar-refractivity contribution in [1.82, 2.24) is 20.6 Å². The molecule has 1 unspecified atom stereocenters. The molecule has 2 aliphatic rings. The Morgan fingerprint density at radius 3 is 2.51 bits per heavy atom. The molecule has 11 heteroatoms. The van der Waals surface area contributed by atoms with Crippen molar-refractivity contribution in [1.29, 1.82) is 0 Å². The largest absolute Gasteiger partial charge is 0.387 e. The standard InChI is InChI=1S/C32H35FN6O3S/c1-30(2,42)26(33)17-35-29(41)22-16-34-27(37-21-8-9-23-25(14-21)43-19-36-23)15-24(22)38-31-10-12-32(18-31,13-11-31)39-28(40)20-6-4-3-5-7-20/h3-9,14-16,19,26,42H,10-13,17-18H2,1-2H3,(H,35,41)(H,39,40)(H2,34,37,38). The van der Waals surface area contributed by atoms with E-state index in [0.29, 0.717) is 17.1 Å². The maximum absolute atomic E-state index is 14.5. The van der Waals surface area contributed by atoms with E-state index in [1.165, 1.54) is 20.0 Å².